The number of piperazine rings is 1. The third-order valence-corrected chi connectivity index (χ3v) is 4.30. The van der Waals surface area contributed by atoms with E-state index in [0.717, 1.165) is 23.0 Å². The summed E-state index contributed by atoms with van der Waals surface area (Å²) in [4.78, 5) is 20.0. The first-order chi connectivity index (χ1) is 13.1. The normalized spacial score (nSPS) is 14.2. The highest BCUT2D eigenvalue weighted by Crippen LogP contribution is 2.28. The van der Waals surface area contributed by atoms with Crippen molar-refractivity contribution in [3.05, 3.63) is 23.8 Å². The lowest BCUT2D eigenvalue weighted by Crippen LogP contribution is -2.53. The Hall–Kier alpha value is -1.91. The Morgan fingerprint density at radius 3 is 2.36 bits per heavy atom. The molecule has 9 heteroatoms. The number of ether oxygens (including phenoxy) is 3. The van der Waals surface area contributed by atoms with Crippen molar-refractivity contribution in [1.29, 1.82) is 0 Å². The number of carbonyl (C=O) groups excluding carboxylic acids is 1. The van der Waals surface area contributed by atoms with E-state index < -0.39 is 0 Å². The van der Waals surface area contributed by atoms with Gasteiger partial charge in [-0.1, -0.05) is 6.07 Å². The van der Waals surface area contributed by atoms with Crippen molar-refractivity contribution in [3.8, 4) is 11.5 Å². The van der Waals surface area contributed by atoms with Crippen molar-refractivity contribution in [2.75, 3.05) is 53.6 Å². The molecular weight excluding hydrogens is 475 g/mol. The van der Waals surface area contributed by atoms with Gasteiger partial charge >= 0.3 is 6.09 Å². The Kier molecular flexibility index (Phi) is 10.8. The number of carbonyl (C=O) groups is 1. The van der Waals surface area contributed by atoms with Gasteiger partial charge in [0, 0.05) is 39.8 Å². The molecule has 8 nitrogen and oxygen atoms in total. The summed E-state index contributed by atoms with van der Waals surface area (Å²) >= 11 is 0. The monoisotopic (exact) mass is 506 g/mol. The number of nitrogens with one attached hydrogen (secondary N) is 1. The fourth-order valence-electron chi connectivity index (χ4n) is 2.93. The van der Waals surface area contributed by atoms with Crippen LogP contribution in [0.2, 0.25) is 0 Å². The molecule has 0 atom stereocenters. The lowest BCUT2D eigenvalue weighted by molar-refractivity contribution is 0.0914. The van der Waals surface area contributed by atoms with Crippen molar-refractivity contribution in [1.82, 2.24) is 15.1 Å². The average Bonchev–Trinajstić information content (AvgIpc) is 2.69. The quantitative estimate of drug-likeness (QED) is 0.363. The molecule has 1 N–H and O–H groups in total. The van der Waals surface area contributed by atoms with Crippen LogP contribution < -0.4 is 14.8 Å². The van der Waals surface area contributed by atoms with Gasteiger partial charge in [-0.15, -0.1) is 24.0 Å². The maximum Gasteiger partial charge on any atom is 0.409 e. The van der Waals surface area contributed by atoms with Gasteiger partial charge in [0.15, 0.2) is 17.5 Å². The number of rotatable bonds is 6. The summed E-state index contributed by atoms with van der Waals surface area (Å²) in [6, 6.07) is 5.88. The SMILES string of the molecule is CCOC(=O)N1CCN(C(=NC)NCc2ccc(OC)c(OCC)c2)CC1.I. The second-order valence-electron chi connectivity index (χ2n) is 5.99. The van der Waals surface area contributed by atoms with Crippen molar-refractivity contribution < 1.29 is 19.0 Å². The van der Waals surface area contributed by atoms with Crippen LogP contribution in [-0.2, 0) is 11.3 Å². The summed E-state index contributed by atoms with van der Waals surface area (Å²) in [5.74, 6) is 2.27. The Labute approximate surface area is 184 Å². The van der Waals surface area contributed by atoms with Crippen LogP contribution in [0.1, 0.15) is 19.4 Å². The molecule has 28 heavy (non-hydrogen) atoms. The summed E-state index contributed by atoms with van der Waals surface area (Å²) in [6.45, 7) is 8.03. The van der Waals surface area contributed by atoms with Gasteiger partial charge in [-0.2, -0.15) is 0 Å². The molecule has 0 bridgehead atoms. The molecule has 0 aromatic heterocycles. The van der Waals surface area contributed by atoms with E-state index in [1.54, 1.807) is 19.1 Å². The first-order valence-corrected chi connectivity index (χ1v) is 9.29. The van der Waals surface area contributed by atoms with E-state index in [4.69, 9.17) is 14.2 Å². The van der Waals surface area contributed by atoms with E-state index >= 15 is 0 Å². The van der Waals surface area contributed by atoms with Gasteiger partial charge in [0.05, 0.1) is 20.3 Å². The maximum atomic E-state index is 11.8. The van der Waals surface area contributed by atoms with Crippen LogP contribution in [0.3, 0.4) is 0 Å². The summed E-state index contributed by atoms with van der Waals surface area (Å²) in [5.41, 5.74) is 1.07. The zero-order valence-corrected chi connectivity index (χ0v) is 19.4. The van der Waals surface area contributed by atoms with Gasteiger partial charge in [0.25, 0.3) is 0 Å². The van der Waals surface area contributed by atoms with Crippen LogP contribution in [0.5, 0.6) is 11.5 Å². The van der Waals surface area contributed by atoms with Crippen molar-refractivity contribution in [2.24, 2.45) is 4.99 Å². The Morgan fingerprint density at radius 2 is 1.79 bits per heavy atom. The van der Waals surface area contributed by atoms with Crippen LogP contribution >= 0.6 is 24.0 Å². The number of hydrogen-bond acceptors (Lipinski definition) is 5. The third-order valence-electron chi connectivity index (χ3n) is 4.30. The highest BCUT2D eigenvalue weighted by Gasteiger charge is 2.23. The standard InChI is InChI=1S/C19H30N4O4.HI/c1-5-26-17-13-15(7-8-16(17)25-4)14-21-18(20-3)22-9-11-23(12-10-22)19(24)27-6-2;/h7-8,13H,5-6,9-12,14H2,1-4H3,(H,20,21);1H. The van der Waals surface area contributed by atoms with E-state index in [9.17, 15) is 4.79 Å². The number of benzene rings is 1. The molecule has 1 fully saturated rings. The zero-order valence-electron chi connectivity index (χ0n) is 17.1. The summed E-state index contributed by atoms with van der Waals surface area (Å²) in [6.07, 6.45) is -0.248. The number of nitrogens with zero attached hydrogens (tertiary/aromatic N) is 3. The van der Waals surface area contributed by atoms with Gasteiger partial charge in [-0.3, -0.25) is 4.99 Å². The first kappa shape index (κ1) is 24.1. The molecular formula is C19H31IN4O4. The van der Waals surface area contributed by atoms with Crippen molar-refractivity contribution in [3.63, 3.8) is 0 Å². The molecule has 0 aliphatic carbocycles. The van der Waals surface area contributed by atoms with Gasteiger partial charge in [-0.05, 0) is 31.5 Å². The highest BCUT2D eigenvalue weighted by atomic mass is 127. The molecule has 0 radical (unpaired) electrons. The Balaban J connectivity index is 0.00000392. The lowest BCUT2D eigenvalue weighted by Gasteiger charge is -2.35. The Bertz CT molecular complexity index is 649. The smallest absolute Gasteiger partial charge is 0.409 e. The predicted molar refractivity (Wildman–Crippen MR) is 120 cm³/mol. The van der Waals surface area contributed by atoms with Gasteiger partial charge in [0.1, 0.15) is 0 Å². The second-order valence-corrected chi connectivity index (χ2v) is 5.99. The average molecular weight is 506 g/mol. The molecule has 0 spiro atoms. The van der Waals surface area contributed by atoms with E-state index in [-0.39, 0.29) is 30.1 Å². The van der Waals surface area contributed by atoms with Gasteiger partial charge < -0.3 is 29.3 Å². The number of halogens is 1. The van der Waals surface area contributed by atoms with Crippen LogP contribution in [-0.4, -0.2) is 75.4 Å². The summed E-state index contributed by atoms with van der Waals surface area (Å²) in [5, 5.41) is 3.38. The van der Waals surface area contributed by atoms with Crippen molar-refractivity contribution >= 4 is 36.0 Å². The van der Waals surface area contributed by atoms with Crippen molar-refractivity contribution in [2.45, 2.75) is 20.4 Å². The molecule has 0 unspecified atom stereocenters. The minimum atomic E-state index is -0.248. The van der Waals surface area contributed by atoms with Gasteiger partial charge in [-0.25, -0.2) is 4.79 Å². The second kappa shape index (κ2) is 12.5. The third kappa shape index (κ3) is 6.61. The zero-order chi connectivity index (χ0) is 19.6. The number of guanidine groups is 1. The Morgan fingerprint density at radius 1 is 1.11 bits per heavy atom. The molecule has 1 saturated heterocycles. The number of aliphatic imine (C=N–C) groups is 1. The molecule has 1 aromatic carbocycles. The fraction of sp³-hybridized carbons (Fsp3) is 0.579. The molecule has 1 aromatic rings. The van der Waals surface area contributed by atoms with E-state index in [1.165, 1.54) is 0 Å². The van der Waals surface area contributed by atoms with Crippen LogP contribution in [0.25, 0.3) is 0 Å². The summed E-state index contributed by atoms with van der Waals surface area (Å²) < 4.78 is 16.0. The minimum Gasteiger partial charge on any atom is -0.493 e. The molecule has 1 aliphatic rings. The molecule has 158 valence electrons. The topological polar surface area (TPSA) is 75.6 Å². The van der Waals surface area contributed by atoms with E-state index in [1.807, 2.05) is 32.0 Å². The van der Waals surface area contributed by atoms with E-state index in [2.05, 4.69) is 15.2 Å². The van der Waals surface area contributed by atoms with Crippen LogP contribution in [0.15, 0.2) is 23.2 Å². The maximum absolute atomic E-state index is 11.8. The first-order valence-electron chi connectivity index (χ1n) is 9.29. The number of methoxy groups -OCH3 is 1. The number of amides is 1. The van der Waals surface area contributed by atoms with Crippen LogP contribution in [0.4, 0.5) is 4.79 Å². The molecule has 2 rings (SSSR count). The lowest BCUT2D eigenvalue weighted by atomic mass is 10.2. The van der Waals surface area contributed by atoms with E-state index in [0.29, 0.717) is 45.9 Å². The van der Waals surface area contributed by atoms with Crippen LogP contribution in [0, 0.1) is 0 Å². The molecule has 1 heterocycles. The van der Waals surface area contributed by atoms with Gasteiger partial charge in [0.2, 0.25) is 0 Å². The molecule has 1 aliphatic heterocycles. The summed E-state index contributed by atoms with van der Waals surface area (Å²) in [7, 11) is 3.40. The minimum absolute atomic E-state index is 0. The highest BCUT2D eigenvalue weighted by molar-refractivity contribution is 14.0. The molecule has 0 saturated carbocycles. The number of hydrogen-bond donors (Lipinski definition) is 1. The predicted octanol–water partition coefficient (Wildman–Crippen LogP) is 2.56. The largest absolute Gasteiger partial charge is 0.493 e. The molecule has 1 amide bonds. The fourth-order valence-corrected chi connectivity index (χ4v) is 2.93.